The van der Waals surface area contributed by atoms with Crippen LogP contribution in [0, 0.1) is 5.92 Å². The van der Waals surface area contributed by atoms with Crippen molar-refractivity contribution in [3.8, 4) is 0 Å². The largest absolute Gasteiger partial charge is 0.466 e. The fourth-order valence-corrected chi connectivity index (χ4v) is 1.41. The van der Waals surface area contributed by atoms with Crippen LogP contribution in [-0.2, 0) is 9.53 Å². The maximum Gasteiger partial charge on any atom is 0.308 e. The van der Waals surface area contributed by atoms with Gasteiger partial charge in [-0.15, -0.1) is 0 Å². The number of rotatable bonds is 8. The molecular formula is C13H25NO2. The molecule has 1 unspecified atom stereocenters. The molecule has 0 saturated carbocycles. The van der Waals surface area contributed by atoms with E-state index in [1.54, 1.807) is 0 Å². The van der Waals surface area contributed by atoms with Gasteiger partial charge in [-0.05, 0) is 33.4 Å². The summed E-state index contributed by atoms with van der Waals surface area (Å²) in [5.41, 5.74) is 0. The van der Waals surface area contributed by atoms with Crippen LogP contribution in [0.3, 0.4) is 0 Å². The van der Waals surface area contributed by atoms with E-state index in [1.807, 2.05) is 13.8 Å². The lowest BCUT2D eigenvalue weighted by atomic mass is 10.1. The quantitative estimate of drug-likeness (QED) is 0.471. The predicted molar refractivity (Wildman–Crippen MR) is 67.3 cm³/mol. The first-order chi connectivity index (χ1) is 7.61. The third-order valence-corrected chi connectivity index (χ3v) is 2.37. The number of hydrogen-bond donors (Lipinski definition) is 0. The van der Waals surface area contributed by atoms with Crippen LogP contribution in [0.5, 0.6) is 0 Å². The van der Waals surface area contributed by atoms with E-state index >= 15 is 0 Å². The molecule has 0 radical (unpaired) electrons. The molecule has 0 aromatic heterocycles. The van der Waals surface area contributed by atoms with Gasteiger partial charge in [0.05, 0.1) is 12.5 Å². The molecule has 0 saturated heterocycles. The maximum absolute atomic E-state index is 11.3. The van der Waals surface area contributed by atoms with E-state index in [-0.39, 0.29) is 11.9 Å². The van der Waals surface area contributed by atoms with Gasteiger partial charge in [-0.3, -0.25) is 4.79 Å². The number of allylic oxidation sites excluding steroid dienone is 1. The molecule has 0 rings (SSSR count). The summed E-state index contributed by atoms with van der Waals surface area (Å²) < 4.78 is 4.94. The van der Waals surface area contributed by atoms with Crippen molar-refractivity contribution in [2.45, 2.75) is 33.6 Å². The molecule has 0 N–H and O–H groups in total. The molecule has 0 spiro atoms. The summed E-state index contributed by atoms with van der Waals surface area (Å²) in [4.78, 5) is 13.6. The van der Waals surface area contributed by atoms with Crippen molar-refractivity contribution in [1.29, 1.82) is 0 Å². The lowest BCUT2D eigenvalue weighted by Crippen LogP contribution is -2.19. The van der Waals surface area contributed by atoms with Gasteiger partial charge in [-0.2, -0.15) is 0 Å². The smallest absolute Gasteiger partial charge is 0.308 e. The van der Waals surface area contributed by atoms with Crippen LogP contribution in [0.4, 0.5) is 0 Å². The molecular weight excluding hydrogens is 202 g/mol. The monoisotopic (exact) mass is 227 g/mol. The first kappa shape index (κ1) is 15.2. The molecule has 3 nitrogen and oxygen atoms in total. The minimum atomic E-state index is -0.103. The predicted octanol–water partition coefficient (Wildman–Crippen LogP) is 2.47. The standard InChI is InChI=1S/C13H25NO2/c1-5-10-14(4)11-8-7-9-12(3)13(15)16-6-2/h7-8,12H,5-6,9-11H2,1-4H3/b8-7+. The Kier molecular flexibility index (Phi) is 8.91. The van der Waals surface area contributed by atoms with Gasteiger partial charge in [-0.1, -0.05) is 26.0 Å². The van der Waals surface area contributed by atoms with Gasteiger partial charge in [0.2, 0.25) is 0 Å². The third-order valence-electron chi connectivity index (χ3n) is 2.37. The fraction of sp³-hybridized carbons (Fsp3) is 0.769. The summed E-state index contributed by atoms with van der Waals surface area (Å²) >= 11 is 0. The summed E-state index contributed by atoms with van der Waals surface area (Å²) in [5.74, 6) is -0.137. The molecule has 0 aromatic carbocycles. The molecule has 94 valence electrons. The average Bonchev–Trinajstić information content (AvgIpc) is 2.24. The van der Waals surface area contributed by atoms with Gasteiger partial charge in [0, 0.05) is 6.54 Å². The van der Waals surface area contributed by atoms with E-state index < -0.39 is 0 Å². The van der Waals surface area contributed by atoms with E-state index in [0.717, 1.165) is 19.5 Å². The molecule has 0 fully saturated rings. The Hall–Kier alpha value is -0.830. The van der Waals surface area contributed by atoms with E-state index in [0.29, 0.717) is 6.61 Å². The van der Waals surface area contributed by atoms with Crippen LogP contribution in [0.1, 0.15) is 33.6 Å². The first-order valence-corrected chi connectivity index (χ1v) is 6.11. The minimum absolute atomic E-state index is 0.0346. The SMILES string of the molecule is CCCN(C)C/C=C/CC(C)C(=O)OCC. The molecule has 0 aromatic rings. The van der Waals surface area contributed by atoms with Gasteiger partial charge >= 0.3 is 5.97 Å². The van der Waals surface area contributed by atoms with E-state index in [1.165, 1.54) is 6.42 Å². The first-order valence-electron chi connectivity index (χ1n) is 6.11. The highest BCUT2D eigenvalue weighted by atomic mass is 16.5. The zero-order valence-electron chi connectivity index (χ0n) is 11.0. The number of likely N-dealkylation sites (N-methyl/N-ethyl adjacent to an activating group) is 1. The van der Waals surface area contributed by atoms with Gasteiger partial charge in [0.25, 0.3) is 0 Å². The zero-order chi connectivity index (χ0) is 12.4. The summed E-state index contributed by atoms with van der Waals surface area (Å²) in [5, 5.41) is 0. The van der Waals surface area contributed by atoms with Crippen LogP contribution >= 0.6 is 0 Å². The molecule has 0 aliphatic rings. The Morgan fingerprint density at radius 1 is 1.38 bits per heavy atom. The number of nitrogens with zero attached hydrogens (tertiary/aromatic N) is 1. The van der Waals surface area contributed by atoms with Crippen LogP contribution in [-0.4, -0.2) is 37.6 Å². The van der Waals surface area contributed by atoms with Crippen molar-refractivity contribution in [2.24, 2.45) is 5.92 Å². The second-order valence-electron chi connectivity index (χ2n) is 4.12. The Bertz CT molecular complexity index is 214. The average molecular weight is 227 g/mol. The Morgan fingerprint density at radius 2 is 2.06 bits per heavy atom. The van der Waals surface area contributed by atoms with Gasteiger partial charge in [0.1, 0.15) is 0 Å². The Labute approximate surface area is 99.5 Å². The van der Waals surface area contributed by atoms with Crippen molar-refractivity contribution in [2.75, 3.05) is 26.7 Å². The summed E-state index contributed by atoms with van der Waals surface area (Å²) in [6.07, 6.45) is 6.11. The normalized spacial score (nSPS) is 13.3. The highest BCUT2D eigenvalue weighted by Crippen LogP contribution is 2.05. The lowest BCUT2D eigenvalue weighted by molar-refractivity contribution is -0.147. The van der Waals surface area contributed by atoms with E-state index in [4.69, 9.17) is 4.74 Å². The second kappa shape index (κ2) is 9.40. The number of ether oxygens (including phenoxy) is 1. The fourth-order valence-electron chi connectivity index (χ4n) is 1.41. The Morgan fingerprint density at radius 3 is 2.62 bits per heavy atom. The van der Waals surface area contributed by atoms with Gasteiger partial charge in [-0.25, -0.2) is 0 Å². The highest BCUT2D eigenvalue weighted by Gasteiger charge is 2.11. The van der Waals surface area contributed by atoms with Crippen molar-refractivity contribution in [3.05, 3.63) is 12.2 Å². The van der Waals surface area contributed by atoms with Gasteiger partial charge < -0.3 is 9.64 Å². The number of esters is 1. The molecule has 3 heteroatoms. The summed E-state index contributed by atoms with van der Waals surface area (Å²) in [6, 6.07) is 0. The van der Waals surface area contributed by atoms with Crippen molar-refractivity contribution in [3.63, 3.8) is 0 Å². The van der Waals surface area contributed by atoms with Crippen molar-refractivity contribution in [1.82, 2.24) is 4.90 Å². The topological polar surface area (TPSA) is 29.5 Å². The molecule has 1 atom stereocenters. The highest BCUT2D eigenvalue weighted by molar-refractivity contribution is 5.72. The molecule has 16 heavy (non-hydrogen) atoms. The lowest BCUT2D eigenvalue weighted by Gasteiger charge is -2.12. The van der Waals surface area contributed by atoms with Crippen LogP contribution in [0.2, 0.25) is 0 Å². The van der Waals surface area contributed by atoms with Crippen molar-refractivity contribution >= 4 is 5.97 Å². The number of hydrogen-bond acceptors (Lipinski definition) is 3. The second-order valence-corrected chi connectivity index (χ2v) is 4.12. The summed E-state index contributed by atoms with van der Waals surface area (Å²) in [6.45, 7) is 8.43. The van der Waals surface area contributed by atoms with Crippen LogP contribution in [0.15, 0.2) is 12.2 Å². The summed E-state index contributed by atoms with van der Waals surface area (Å²) in [7, 11) is 2.10. The maximum atomic E-state index is 11.3. The third kappa shape index (κ3) is 7.46. The molecule has 0 aliphatic heterocycles. The van der Waals surface area contributed by atoms with Crippen LogP contribution in [0.25, 0.3) is 0 Å². The van der Waals surface area contributed by atoms with Crippen molar-refractivity contribution < 1.29 is 9.53 Å². The molecule has 0 heterocycles. The number of carbonyl (C=O) groups excluding carboxylic acids is 1. The molecule has 0 aliphatic carbocycles. The molecule has 0 bridgehead atoms. The minimum Gasteiger partial charge on any atom is -0.466 e. The Balaban J connectivity index is 3.70. The zero-order valence-corrected chi connectivity index (χ0v) is 11.0. The molecule has 0 amide bonds. The van der Waals surface area contributed by atoms with Crippen LogP contribution < -0.4 is 0 Å². The van der Waals surface area contributed by atoms with E-state index in [9.17, 15) is 4.79 Å². The number of carbonyl (C=O) groups is 1. The van der Waals surface area contributed by atoms with Gasteiger partial charge in [0.15, 0.2) is 0 Å². The van der Waals surface area contributed by atoms with E-state index in [2.05, 4.69) is 31.0 Å².